The predicted octanol–water partition coefficient (Wildman–Crippen LogP) is 3.17. The Morgan fingerprint density at radius 2 is 2.16 bits per heavy atom. The van der Waals surface area contributed by atoms with Crippen LogP contribution in [0.4, 0.5) is 0 Å². The van der Waals surface area contributed by atoms with E-state index in [-0.39, 0.29) is 24.4 Å². The van der Waals surface area contributed by atoms with Gasteiger partial charge in [-0.25, -0.2) is 0 Å². The predicted molar refractivity (Wildman–Crippen MR) is 81.2 cm³/mol. The van der Waals surface area contributed by atoms with Crippen molar-refractivity contribution >= 4 is 41.5 Å². The topological polar surface area (TPSA) is 41.1 Å². The van der Waals surface area contributed by atoms with Gasteiger partial charge in [-0.1, -0.05) is 35.7 Å². The van der Waals surface area contributed by atoms with E-state index in [4.69, 9.17) is 23.2 Å². The molecule has 106 valence electrons. The van der Waals surface area contributed by atoms with Gasteiger partial charge in [0.05, 0.1) is 6.04 Å². The molecule has 1 aromatic rings. The first kappa shape index (κ1) is 16.6. The molecule has 1 saturated heterocycles. The number of rotatable bonds is 3. The molecular formula is C13H17Cl3N2O. The van der Waals surface area contributed by atoms with Gasteiger partial charge in [-0.05, 0) is 37.1 Å². The van der Waals surface area contributed by atoms with Crippen molar-refractivity contribution in [3.05, 3.63) is 33.8 Å². The molecule has 3 nitrogen and oxygen atoms in total. The molecule has 0 bridgehead atoms. The summed E-state index contributed by atoms with van der Waals surface area (Å²) in [5.74, 6) is 0.0423. The van der Waals surface area contributed by atoms with E-state index in [9.17, 15) is 4.79 Å². The van der Waals surface area contributed by atoms with Crippen LogP contribution in [-0.2, 0) is 11.3 Å². The van der Waals surface area contributed by atoms with E-state index in [0.29, 0.717) is 16.6 Å². The summed E-state index contributed by atoms with van der Waals surface area (Å²) in [6.07, 6.45) is 3.15. The Labute approximate surface area is 129 Å². The highest BCUT2D eigenvalue weighted by Crippen LogP contribution is 2.20. The average Bonchev–Trinajstić information content (AvgIpc) is 2.38. The zero-order valence-electron chi connectivity index (χ0n) is 10.4. The second-order valence-electron chi connectivity index (χ2n) is 4.46. The van der Waals surface area contributed by atoms with Gasteiger partial charge in [0.15, 0.2) is 0 Å². The number of carbonyl (C=O) groups is 1. The molecule has 19 heavy (non-hydrogen) atoms. The second-order valence-corrected chi connectivity index (χ2v) is 5.30. The molecule has 1 fully saturated rings. The smallest absolute Gasteiger partial charge is 0.237 e. The number of nitrogens with one attached hydrogen (secondary N) is 2. The fourth-order valence-electron chi connectivity index (χ4n) is 2.05. The van der Waals surface area contributed by atoms with Crippen LogP contribution in [-0.4, -0.2) is 18.5 Å². The summed E-state index contributed by atoms with van der Waals surface area (Å²) in [5.41, 5.74) is 0.880. The van der Waals surface area contributed by atoms with E-state index in [0.717, 1.165) is 31.4 Å². The second kappa shape index (κ2) is 7.95. The van der Waals surface area contributed by atoms with Crippen molar-refractivity contribution in [2.75, 3.05) is 6.54 Å². The van der Waals surface area contributed by atoms with Crippen molar-refractivity contribution in [2.45, 2.75) is 31.8 Å². The average molecular weight is 324 g/mol. The van der Waals surface area contributed by atoms with Crippen molar-refractivity contribution in [1.29, 1.82) is 0 Å². The van der Waals surface area contributed by atoms with Gasteiger partial charge in [0.1, 0.15) is 0 Å². The first-order valence-corrected chi connectivity index (χ1v) is 6.87. The van der Waals surface area contributed by atoms with E-state index >= 15 is 0 Å². The lowest BCUT2D eigenvalue weighted by Gasteiger charge is -2.22. The number of hydrogen-bond acceptors (Lipinski definition) is 2. The Hall–Kier alpha value is -0.480. The van der Waals surface area contributed by atoms with Crippen LogP contribution in [0.15, 0.2) is 18.2 Å². The van der Waals surface area contributed by atoms with Crippen LogP contribution in [0.1, 0.15) is 24.8 Å². The zero-order valence-corrected chi connectivity index (χ0v) is 12.7. The summed E-state index contributed by atoms with van der Waals surface area (Å²) in [4.78, 5) is 11.9. The van der Waals surface area contributed by atoms with Crippen LogP contribution in [0.5, 0.6) is 0 Å². The third-order valence-electron chi connectivity index (χ3n) is 3.09. The molecule has 0 saturated carbocycles. The van der Waals surface area contributed by atoms with Crippen LogP contribution in [0.3, 0.4) is 0 Å². The molecule has 0 spiro atoms. The Balaban J connectivity index is 0.00000180. The third-order valence-corrected chi connectivity index (χ3v) is 3.68. The van der Waals surface area contributed by atoms with E-state index < -0.39 is 0 Å². The van der Waals surface area contributed by atoms with Crippen molar-refractivity contribution in [1.82, 2.24) is 10.6 Å². The van der Waals surface area contributed by atoms with E-state index in [1.165, 1.54) is 0 Å². The maximum atomic E-state index is 11.9. The van der Waals surface area contributed by atoms with Crippen molar-refractivity contribution in [2.24, 2.45) is 0 Å². The monoisotopic (exact) mass is 322 g/mol. The summed E-state index contributed by atoms with van der Waals surface area (Å²) in [6.45, 7) is 1.35. The van der Waals surface area contributed by atoms with Crippen LogP contribution in [0.2, 0.25) is 10.0 Å². The number of piperidine rings is 1. The summed E-state index contributed by atoms with van der Waals surface area (Å²) in [7, 11) is 0. The van der Waals surface area contributed by atoms with Crippen molar-refractivity contribution in [3.63, 3.8) is 0 Å². The SMILES string of the molecule is Cl.O=C(NCc1ccc(Cl)cc1Cl)C1CCCCN1. The molecule has 2 rings (SSSR count). The largest absolute Gasteiger partial charge is 0.351 e. The number of halogens is 3. The lowest BCUT2D eigenvalue weighted by Crippen LogP contribution is -2.46. The summed E-state index contributed by atoms with van der Waals surface area (Å²) >= 11 is 11.9. The van der Waals surface area contributed by atoms with Crippen LogP contribution in [0, 0.1) is 0 Å². The van der Waals surface area contributed by atoms with Crippen molar-refractivity contribution < 1.29 is 4.79 Å². The van der Waals surface area contributed by atoms with Gasteiger partial charge in [-0.2, -0.15) is 0 Å². The molecule has 0 radical (unpaired) electrons. The molecule has 1 unspecified atom stereocenters. The number of hydrogen-bond donors (Lipinski definition) is 2. The molecule has 1 atom stereocenters. The zero-order chi connectivity index (χ0) is 13.0. The quantitative estimate of drug-likeness (QED) is 0.897. The highest BCUT2D eigenvalue weighted by Gasteiger charge is 2.20. The highest BCUT2D eigenvalue weighted by atomic mass is 35.5. The fraction of sp³-hybridized carbons (Fsp3) is 0.462. The van der Waals surface area contributed by atoms with E-state index in [1.807, 2.05) is 6.07 Å². The van der Waals surface area contributed by atoms with Gasteiger partial charge < -0.3 is 10.6 Å². The van der Waals surface area contributed by atoms with Gasteiger partial charge in [-0.15, -0.1) is 12.4 Å². The normalized spacial score (nSPS) is 18.5. The maximum absolute atomic E-state index is 11.9. The van der Waals surface area contributed by atoms with Gasteiger partial charge in [0, 0.05) is 16.6 Å². The molecule has 1 aliphatic rings. The van der Waals surface area contributed by atoms with Crippen LogP contribution in [0.25, 0.3) is 0 Å². The first-order valence-electron chi connectivity index (χ1n) is 6.12. The molecule has 0 aliphatic carbocycles. The minimum absolute atomic E-state index is 0. The minimum Gasteiger partial charge on any atom is -0.351 e. The Bertz CT molecular complexity index is 434. The van der Waals surface area contributed by atoms with Gasteiger partial charge in [-0.3, -0.25) is 4.79 Å². The van der Waals surface area contributed by atoms with Gasteiger partial charge in [0.25, 0.3) is 0 Å². The molecule has 0 aromatic heterocycles. The molecule has 1 aliphatic heterocycles. The van der Waals surface area contributed by atoms with E-state index in [2.05, 4.69) is 10.6 Å². The van der Waals surface area contributed by atoms with E-state index in [1.54, 1.807) is 12.1 Å². The fourth-order valence-corrected chi connectivity index (χ4v) is 2.52. The van der Waals surface area contributed by atoms with Gasteiger partial charge >= 0.3 is 0 Å². The molecule has 1 amide bonds. The minimum atomic E-state index is -0.0650. The number of carbonyl (C=O) groups excluding carboxylic acids is 1. The first-order chi connectivity index (χ1) is 8.66. The summed E-state index contributed by atoms with van der Waals surface area (Å²) in [6, 6.07) is 5.22. The van der Waals surface area contributed by atoms with Crippen molar-refractivity contribution in [3.8, 4) is 0 Å². The Morgan fingerprint density at radius 3 is 2.79 bits per heavy atom. The Morgan fingerprint density at radius 1 is 1.37 bits per heavy atom. The van der Waals surface area contributed by atoms with Gasteiger partial charge in [0.2, 0.25) is 5.91 Å². The molecule has 1 heterocycles. The van der Waals surface area contributed by atoms with Crippen LogP contribution < -0.4 is 10.6 Å². The number of benzene rings is 1. The molecular weight excluding hydrogens is 307 g/mol. The maximum Gasteiger partial charge on any atom is 0.237 e. The highest BCUT2D eigenvalue weighted by molar-refractivity contribution is 6.35. The molecule has 6 heteroatoms. The molecule has 2 N–H and O–H groups in total. The Kier molecular flexibility index (Phi) is 6.94. The summed E-state index contributed by atoms with van der Waals surface area (Å²) < 4.78 is 0. The number of amides is 1. The lowest BCUT2D eigenvalue weighted by atomic mass is 10.0. The summed E-state index contributed by atoms with van der Waals surface area (Å²) in [5, 5.41) is 7.30. The standard InChI is InChI=1S/C13H16Cl2N2O.ClH/c14-10-5-4-9(11(15)7-10)8-17-13(18)12-3-1-2-6-16-12;/h4-5,7,12,16H,1-3,6,8H2,(H,17,18);1H. The van der Waals surface area contributed by atoms with Crippen LogP contribution >= 0.6 is 35.6 Å². The lowest BCUT2D eigenvalue weighted by molar-refractivity contribution is -0.123. The third kappa shape index (κ3) is 4.84. The molecule has 1 aromatic carbocycles.